The first-order chi connectivity index (χ1) is 19.2. The number of hydrogen-bond donors (Lipinski definition) is 3. The summed E-state index contributed by atoms with van der Waals surface area (Å²) in [5.41, 5.74) is -5.98. The Balaban J connectivity index is 1.80. The number of nitrogens with one attached hydrogen (secondary N) is 1. The van der Waals surface area contributed by atoms with Crippen molar-refractivity contribution in [2.75, 3.05) is 7.11 Å². The van der Waals surface area contributed by atoms with E-state index in [0.717, 1.165) is 18.2 Å². The van der Waals surface area contributed by atoms with Crippen LogP contribution in [0.2, 0.25) is 5.02 Å². The van der Waals surface area contributed by atoms with Gasteiger partial charge < -0.3 is 20.3 Å². The zero-order valence-electron chi connectivity index (χ0n) is 22.2. The summed E-state index contributed by atoms with van der Waals surface area (Å²) in [4.78, 5) is 17.0. The first-order valence-electron chi connectivity index (χ1n) is 12.1. The Morgan fingerprint density at radius 2 is 1.71 bits per heavy atom. The van der Waals surface area contributed by atoms with Crippen LogP contribution in [0.5, 0.6) is 5.75 Å². The molecule has 216 valence electrons. The highest BCUT2D eigenvalue weighted by Crippen LogP contribution is 2.40. The van der Waals surface area contributed by atoms with Crippen LogP contribution in [0.25, 0.3) is 22.2 Å². The molecule has 0 radical (unpaired) electrons. The minimum absolute atomic E-state index is 0.123. The zero-order valence-corrected chi connectivity index (χ0v) is 23.0. The van der Waals surface area contributed by atoms with E-state index in [1.54, 1.807) is 18.3 Å². The Morgan fingerprint density at radius 1 is 1.05 bits per heavy atom. The first-order valence-corrected chi connectivity index (χ1v) is 12.5. The molecular weight excluding hydrogens is 568 g/mol. The number of aryl methyl sites for hydroxylation is 1. The van der Waals surface area contributed by atoms with Crippen LogP contribution >= 0.6 is 11.6 Å². The number of ether oxygens (including phenoxy) is 1. The molecule has 2 aromatic carbocycles. The van der Waals surface area contributed by atoms with Gasteiger partial charge in [0.2, 0.25) is 11.9 Å². The summed E-state index contributed by atoms with van der Waals surface area (Å²) >= 11 is 6.43. The molecular formula is C28H25ClF4N4O4. The molecule has 0 aliphatic rings. The average molecular weight is 593 g/mol. The van der Waals surface area contributed by atoms with E-state index in [1.165, 1.54) is 45.2 Å². The predicted octanol–water partition coefficient (Wildman–Crippen LogP) is 5.21. The maximum Gasteiger partial charge on any atom is 0.277 e. The highest BCUT2D eigenvalue weighted by atomic mass is 35.5. The van der Waals surface area contributed by atoms with Crippen LogP contribution < -0.4 is 10.1 Å². The maximum absolute atomic E-state index is 15.7. The molecule has 41 heavy (non-hydrogen) atoms. The van der Waals surface area contributed by atoms with Gasteiger partial charge in [0.1, 0.15) is 17.1 Å². The Hall–Kier alpha value is -3.87. The second-order valence-electron chi connectivity index (χ2n) is 9.85. The highest BCUT2D eigenvalue weighted by Gasteiger charge is 2.51. The molecule has 2 unspecified atom stereocenters. The number of alkyl halides is 3. The smallest absolute Gasteiger partial charge is 0.277 e. The molecule has 0 fully saturated rings. The number of hydrogen-bond acceptors (Lipinski definition) is 7. The van der Waals surface area contributed by atoms with Crippen LogP contribution in [0, 0.1) is 12.7 Å². The number of aliphatic hydroxyl groups is 2. The van der Waals surface area contributed by atoms with Gasteiger partial charge in [-0.15, -0.1) is 5.10 Å². The molecule has 4 rings (SSSR count). The number of carbonyl (C=O) groups excluding carboxylic acids is 1. The van der Waals surface area contributed by atoms with Crippen LogP contribution in [-0.4, -0.2) is 51.1 Å². The van der Waals surface area contributed by atoms with Crippen molar-refractivity contribution in [2.45, 2.75) is 44.7 Å². The van der Waals surface area contributed by atoms with Gasteiger partial charge in [0, 0.05) is 22.1 Å². The van der Waals surface area contributed by atoms with Crippen molar-refractivity contribution in [3.05, 3.63) is 81.9 Å². The van der Waals surface area contributed by atoms with Gasteiger partial charge in [-0.05, 0) is 69.3 Å². The molecule has 2 aromatic heterocycles. The highest BCUT2D eigenvalue weighted by molar-refractivity contribution is 6.34. The van der Waals surface area contributed by atoms with E-state index in [0.29, 0.717) is 16.6 Å². The van der Waals surface area contributed by atoms with Crippen molar-refractivity contribution in [2.24, 2.45) is 0 Å². The van der Waals surface area contributed by atoms with Crippen molar-refractivity contribution < 1.29 is 37.3 Å². The normalized spacial score (nSPS) is 14.1. The number of methoxy groups -OCH3 is 1. The number of fused-ring (bicyclic) bond motifs is 1. The van der Waals surface area contributed by atoms with Gasteiger partial charge in [-0.2, -0.15) is 5.10 Å². The lowest BCUT2D eigenvalue weighted by Crippen LogP contribution is -2.53. The molecule has 13 heteroatoms. The summed E-state index contributed by atoms with van der Waals surface area (Å²) in [5, 5.41) is 31.7. The van der Waals surface area contributed by atoms with E-state index in [2.05, 4.69) is 15.2 Å². The molecule has 3 N–H and O–H groups in total. The van der Waals surface area contributed by atoms with E-state index in [9.17, 15) is 28.2 Å². The molecule has 8 nitrogen and oxygen atoms in total. The van der Waals surface area contributed by atoms with Gasteiger partial charge >= 0.3 is 0 Å². The Bertz CT molecular complexity index is 1620. The molecule has 0 aliphatic heterocycles. The molecule has 2 heterocycles. The van der Waals surface area contributed by atoms with Gasteiger partial charge in [0.05, 0.1) is 34.8 Å². The number of rotatable bonds is 8. The van der Waals surface area contributed by atoms with E-state index in [-0.39, 0.29) is 33.2 Å². The number of aromatic nitrogens is 3. The lowest BCUT2D eigenvalue weighted by Gasteiger charge is -2.32. The largest absolute Gasteiger partial charge is 0.494 e. The fourth-order valence-corrected chi connectivity index (χ4v) is 4.59. The Kier molecular flexibility index (Phi) is 8.21. The Labute approximate surface area is 237 Å². The van der Waals surface area contributed by atoms with Crippen molar-refractivity contribution in [1.29, 1.82) is 0 Å². The molecule has 0 saturated carbocycles. The van der Waals surface area contributed by atoms with Gasteiger partial charge in [-0.25, -0.2) is 22.5 Å². The van der Waals surface area contributed by atoms with E-state index in [1.807, 2.05) is 0 Å². The topological polar surface area (TPSA) is 117 Å². The third-order valence-electron chi connectivity index (χ3n) is 6.38. The predicted molar refractivity (Wildman–Crippen MR) is 143 cm³/mol. The average Bonchev–Trinajstić information content (AvgIpc) is 2.91. The second-order valence-corrected chi connectivity index (χ2v) is 10.2. The summed E-state index contributed by atoms with van der Waals surface area (Å²) < 4.78 is 63.5. The minimum Gasteiger partial charge on any atom is -0.494 e. The van der Waals surface area contributed by atoms with Crippen molar-refractivity contribution in [1.82, 2.24) is 20.5 Å². The summed E-state index contributed by atoms with van der Waals surface area (Å²) in [5.74, 6) is -1.63. The number of carbonyl (C=O) groups is 1. The van der Waals surface area contributed by atoms with Gasteiger partial charge in [-0.1, -0.05) is 11.6 Å². The fraction of sp³-hybridized carbons (Fsp3) is 0.286. The molecule has 0 saturated heterocycles. The number of halogens is 5. The monoisotopic (exact) mass is 592 g/mol. The quantitative estimate of drug-likeness (QED) is 0.190. The summed E-state index contributed by atoms with van der Waals surface area (Å²) in [6, 6.07) is 9.60. The van der Waals surface area contributed by atoms with Crippen LogP contribution in [0.1, 0.15) is 41.2 Å². The second kappa shape index (κ2) is 11.2. The SMILES string of the molecule is COc1cc(C(=O)NC(F)C(O)(c2cc(C(C)(C)O)c(Cl)c(-c3ccc(F)cc3)n2)C(F)F)cc2cc(C)nnc12. The lowest BCUT2D eigenvalue weighted by molar-refractivity contribution is -0.154. The third-order valence-corrected chi connectivity index (χ3v) is 6.76. The molecule has 2 atom stereocenters. The number of nitrogens with zero attached hydrogens (tertiary/aromatic N) is 3. The van der Waals surface area contributed by atoms with E-state index in [4.69, 9.17) is 16.3 Å². The van der Waals surface area contributed by atoms with Crippen LogP contribution in [0.4, 0.5) is 17.6 Å². The first kappa shape index (κ1) is 30.1. The van der Waals surface area contributed by atoms with Crippen molar-refractivity contribution in [3.63, 3.8) is 0 Å². The molecule has 4 aromatic rings. The molecule has 0 aliphatic carbocycles. The van der Waals surface area contributed by atoms with Crippen molar-refractivity contribution >= 4 is 28.4 Å². The number of benzene rings is 2. The zero-order chi connectivity index (χ0) is 30.3. The summed E-state index contributed by atoms with van der Waals surface area (Å²) in [6.45, 7) is 4.25. The standard InChI is InChI=1S/C28H25ClF4N4O4/c1-13-9-15-10-16(11-19(41-4)22(15)37-36-13)24(38)35-26(33)28(40,25(31)32)20-12-18(27(2,3)39)21(29)23(34-20)14-5-7-17(30)8-6-14/h5-12,25-26,39-40H,1-4H3,(H,35,38). The van der Waals surface area contributed by atoms with Crippen LogP contribution in [0.15, 0.2) is 48.5 Å². The lowest BCUT2D eigenvalue weighted by atomic mass is 9.90. The van der Waals surface area contributed by atoms with Gasteiger partial charge in [-0.3, -0.25) is 4.79 Å². The van der Waals surface area contributed by atoms with Crippen LogP contribution in [0.3, 0.4) is 0 Å². The fourth-order valence-electron chi connectivity index (χ4n) is 4.16. The molecule has 1 amide bonds. The number of pyridine rings is 1. The van der Waals surface area contributed by atoms with Gasteiger partial charge in [0.25, 0.3) is 12.3 Å². The Morgan fingerprint density at radius 3 is 2.29 bits per heavy atom. The van der Waals surface area contributed by atoms with E-state index >= 15 is 4.39 Å². The third kappa shape index (κ3) is 5.81. The molecule has 0 spiro atoms. The van der Waals surface area contributed by atoms with Crippen molar-refractivity contribution in [3.8, 4) is 17.0 Å². The van der Waals surface area contributed by atoms with Crippen LogP contribution in [-0.2, 0) is 11.2 Å². The minimum atomic E-state index is -3.81. The summed E-state index contributed by atoms with van der Waals surface area (Å²) in [6.07, 6.45) is -6.91. The van der Waals surface area contributed by atoms with E-state index < -0.39 is 41.3 Å². The maximum atomic E-state index is 15.7. The summed E-state index contributed by atoms with van der Waals surface area (Å²) in [7, 11) is 1.32. The van der Waals surface area contributed by atoms with Gasteiger partial charge in [0.15, 0.2) is 0 Å². The number of amides is 1. The molecule has 0 bridgehead atoms.